The molecular formula is C16H9BrO. The first kappa shape index (κ1) is 10.2. The highest BCUT2D eigenvalue weighted by molar-refractivity contribution is 9.10. The molecule has 1 aromatic heterocycles. The molecule has 1 heterocycles. The summed E-state index contributed by atoms with van der Waals surface area (Å²) in [6.45, 7) is 0. The number of fused-ring (bicyclic) bond motifs is 4. The van der Waals surface area contributed by atoms with Crippen LogP contribution in [0.25, 0.3) is 32.7 Å². The zero-order valence-electron chi connectivity index (χ0n) is 9.48. The second-order valence-electron chi connectivity index (χ2n) is 4.41. The predicted octanol–water partition coefficient (Wildman–Crippen LogP) is 5.50. The number of hydrogen-bond acceptors (Lipinski definition) is 1. The van der Waals surface area contributed by atoms with Gasteiger partial charge in [0.2, 0.25) is 0 Å². The summed E-state index contributed by atoms with van der Waals surface area (Å²) in [6, 6.07) is 18.7. The Morgan fingerprint density at radius 3 is 2.39 bits per heavy atom. The second-order valence-corrected chi connectivity index (χ2v) is 5.26. The Morgan fingerprint density at radius 1 is 0.778 bits per heavy atom. The van der Waals surface area contributed by atoms with Gasteiger partial charge in [0, 0.05) is 15.2 Å². The maximum Gasteiger partial charge on any atom is 0.136 e. The summed E-state index contributed by atoms with van der Waals surface area (Å²) in [6.07, 6.45) is 0. The largest absolute Gasteiger partial charge is 0.456 e. The minimum Gasteiger partial charge on any atom is -0.456 e. The van der Waals surface area contributed by atoms with Crippen molar-refractivity contribution >= 4 is 48.6 Å². The van der Waals surface area contributed by atoms with E-state index in [1.807, 2.05) is 24.3 Å². The lowest BCUT2D eigenvalue weighted by atomic mass is 10.1. The summed E-state index contributed by atoms with van der Waals surface area (Å²) in [7, 11) is 0. The van der Waals surface area contributed by atoms with Crippen LogP contribution in [-0.2, 0) is 0 Å². The fraction of sp³-hybridized carbons (Fsp3) is 0. The highest BCUT2D eigenvalue weighted by Crippen LogP contribution is 2.36. The topological polar surface area (TPSA) is 13.1 Å². The minimum atomic E-state index is 0.926. The molecule has 0 aliphatic carbocycles. The SMILES string of the molecule is Brc1cccc2oc3cc4ccccc4cc3c12. The third-order valence-electron chi connectivity index (χ3n) is 3.31. The quantitative estimate of drug-likeness (QED) is 0.417. The lowest BCUT2D eigenvalue weighted by Gasteiger charge is -1.97. The first-order valence-electron chi connectivity index (χ1n) is 5.82. The van der Waals surface area contributed by atoms with Crippen molar-refractivity contribution in [2.75, 3.05) is 0 Å². The molecule has 0 amide bonds. The van der Waals surface area contributed by atoms with Gasteiger partial charge in [-0.05, 0) is 35.0 Å². The van der Waals surface area contributed by atoms with Gasteiger partial charge >= 0.3 is 0 Å². The Labute approximate surface area is 112 Å². The van der Waals surface area contributed by atoms with Crippen molar-refractivity contribution in [1.29, 1.82) is 0 Å². The number of rotatable bonds is 0. The summed E-state index contributed by atoms with van der Waals surface area (Å²) < 4.78 is 6.99. The van der Waals surface area contributed by atoms with Crippen molar-refractivity contribution in [2.24, 2.45) is 0 Å². The molecule has 0 fully saturated rings. The molecule has 0 radical (unpaired) electrons. The van der Waals surface area contributed by atoms with Gasteiger partial charge in [0.1, 0.15) is 11.2 Å². The van der Waals surface area contributed by atoms with E-state index in [2.05, 4.69) is 46.3 Å². The van der Waals surface area contributed by atoms with Crippen molar-refractivity contribution in [2.45, 2.75) is 0 Å². The van der Waals surface area contributed by atoms with E-state index in [1.54, 1.807) is 0 Å². The molecule has 0 unspecified atom stereocenters. The molecule has 18 heavy (non-hydrogen) atoms. The van der Waals surface area contributed by atoms with Gasteiger partial charge in [0.05, 0.1) is 0 Å². The number of benzene rings is 3. The first-order chi connectivity index (χ1) is 8.83. The van der Waals surface area contributed by atoms with Crippen LogP contribution in [0.3, 0.4) is 0 Å². The summed E-state index contributed by atoms with van der Waals surface area (Å²) in [5.74, 6) is 0. The zero-order chi connectivity index (χ0) is 12.1. The van der Waals surface area contributed by atoms with E-state index in [0.29, 0.717) is 0 Å². The maximum absolute atomic E-state index is 5.91. The van der Waals surface area contributed by atoms with Crippen molar-refractivity contribution in [3.8, 4) is 0 Å². The van der Waals surface area contributed by atoms with Gasteiger partial charge in [-0.2, -0.15) is 0 Å². The van der Waals surface area contributed by atoms with E-state index in [9.17, 15) is 0 Å². The number of halogens is 1. The Balaban J connectivity index is 2.29. The van der Waals surface area contributed by atoms with Crippen LogP contribution in [0, 0.1) is 0 Å². The van der Waals surface area contributed by atoms with Crippen LogP contribution < -0.4 is 0 Å². The van der Waals surface area contributed by atoms with Crippen molar-refractivity contribution in [3.05, 3.63) is 59.1 Å². The molecule has 0 bridgehead atoms. The molecule has 1 nitrogen and oxygen atoms in total. The monoisotopic (exact) mass is 296 g/mol. The zero-order valence-corrected chi connectivity index (χ0v) is 11.1. The van der Waals surface area contributed by atoms with E-state index in [-0.39, 0.29) is 0 Å². The van der Waals surface area contributed by atoms with Gasteiger partial charge in [-0.15, -0.1) is 0 Å². The lowest BCUT2D eigenvalue weighted by Crippen LogP contribution is -1.72. The fourth-order valence-corrected chi connectivity index (χ4v) is 3.03. The third-order valence-corrected chi connectivity index (χ3v) is 3.97. The molecule has 4 rings (SSSR count). The van der Waals surface area contributed by atoms with Crippen molar-refractivity contribution in [3.63, 3.8) is 0 Å². The van der Waals surface area contributed by atoms with E-state index < -0.39 is 0 Å². The minimum absolute atomic E-state index is 0.926. The molecular weight excluding hydrogens is 288 g/mol. The molecule has 0 N–H and O–H groups in total. The van der Waals surface area contributed by atoms with Gasteiger partial charge in [0.15, 0.2) is 0 Å². The Morgan fingerprint density at radius 2 is 1.56 bits per heavy atom. The van der Waals surface area contributed by atoms with Gasteiger partial charge in [-0.25, -0.2) is 0 Å². The molecule has 3 aromatic carbocycles. The molecule has 0 aliphatic rings. The van der Waals surface area contributed by atoms with Crippen LogP contribution in [0.5, 0.6) is 0 Å². The Hall–Kier alpha value is -1.80. The van der Waals surface area contributed by atoms with E-state index in [0.717, 1.165) is 26.4 Å². The van der Waals surface area contributed by atoms with Gasteiger partial charge in [-0.1, -0.05) is 46.3 Å². The predicted molar refractivity (Wildman–Crippen MR) is 78.9 cm³/mol. The van der Waals surface area contributed by atoms with Gasteiger partial charge < -0.3 is 4.42 Å². The summed E-state index contributed by atoms with van der Waals surface area (Å²) in [5.41, 5.74) is 1.87. The summed E-state index contributed by atoms with van der Waals surface area (Å²) in [5, 5.41) is 4.76. The van der Waals surface area contributed by atoms with E-state index >= 15 is 0 Å². The normalized spacial score (nSPS) is 11.6. The highest BCUT2D eigenvalue weighted by Gasteiger charge is 2.10. The number of hydrogen-bond donors (Lipinski definition) is 0. The smallest absolute Gasteiger partial charge is 0.136 e. The van der Waals surface area contributed by atoms with Crippen LogP contribution in [0.4, 0.5) is 0 Å². The molecule has 4 aromatic rings. The van der Waals surface area contributed by atoms with E-state index in [1.165, 1.54) is 10.8 Å². The van der Waals surface area contributed by atoms with Gasteiger partial charge in [0.25, 0.3) is 0 Å². The van der Waals surface area contributed by atoms with Crippen LogP contribution in [0.2, 0.25) is 0 Å². The molecule has 86 valence electrons. The van der Waals surface area contributed by atoms with Crippen LogP contribution in [-0.4, -0.2) is 0 Å². The molecule has 0 aliphatic heterocycles. The first-order valence-corrected chi connectivity index (χ1v) is 6.62. The van der Waals surface area contributed by atoms with Gasteiger partial charge in [-0.3, -0.25) is 0 Å². The average Bonchev–Trinajstić information content (AvgIpc) is 2.74. The molecule has 2 heteroatoms. The Bertz CT molecular complexity index is 889. The molecule has 0 saturated heterocycles. The van der Waals surface area contributed by atoms with Crippen molar-refractivity contribution < 1.29 is 4.42 Å². The Kier molecular flexibility index (Phi) is 2.03. The average molecular weight is 297 g/mol. The summed E-state index contributed by atoms with van der Waals surface area (Å²) >= 11 is 3.60. The van der Waals surface area contributed by atoms with Crippen LogP contribution in [0.15, 0.2) is 63.5 Å². The van der Waals surface area contributed by atoms with Crippen LogP contribution in [0.1, 0.15) is 0 Å². The third kappa shape index (κ3) is 1.33. The highest BCUT2D eigenvalue weighted by atomic mass is 79.9. The second kappa shape index (κ2) is 3.59. The van der Waals surface area contributed by atoms with Crippen molar-refractivity contribution in [1.82, 2.24) is 0 Å². The van der Waals surface area contributed by atoms with E-state index in [4.69, 9.17) is 4.42 Å². The summed E-state index contributed by atoms with van der Waals surface area (Å²) in [4.78, 5) is 0. The molecule has 0 saturated carbocycles. The lowest BCUT2D eigenvalue weighted by molar-refractivity contribution is 0.669. The molecule has 0 spiro atoms. The maximum atomic E-state index is 5.91. The molecule has 0 atom stereocenters. The fourth-order valence-electron chi connectivity index (χ4n) is 2.47. The standard InChI is InChI=1S/C16H9BrO/c17-13-6-3-7-14-16(13)12-8-10-4-1-2-5-11(10)9-15(12)18-14/h1-9H. The van der Waals surface area contributed by atoms with Crippen LogP contribution >= 0.6 is 15.9 Å². The number of furan rings is 1.